The number of hydrogen-bond acceptors (Lipinski definition) is 4. The highest BCUT2D eigenvalue weighted by atomic mass is 16.5. The lowest BCUT2D eigenvalue weighted by Crippen LogP contribution is -2.20. The quantitative estimate of drug-likeness (QED) is 0.722. The minimum atomic E-state index is -0.261. The van der Waals surface area contributed by atoms with Crippen LogP contribution in [0.15, 0.2) is 60.8 Å². The van der Waals surface area contributed by atoms with E-state index in [1.54, 1.807) is 19.4 Å². The van der Waals surface area contributed by atoms with Crippen molar-refractivity contribution in [2.24, 2.45) is 0 Å². The molecule has 0 unspecified atom stereocenters. The summed E-state index contributed by atoms with van der Waals surface area (Å²) in [5.74, 6) is 0.843. The molecule has 26 heavy (non-hydrogen) atoms. The first-order valence-corrected chi connectivity index (χ1v) is 8.28. The molecule has 1 N–H and O–H groups in total. The van der Waals surface area contributed by atoms with Crippen LogP contribution < -0.4 is 14.8 Å². The number of carbonyl (C=O) groups is 1. The Kier molecular flexibility index (Phi) is 5.49. The van der Waals surface area contributed by atoms with Crippen LogP contribution in [0.4, 0.5) is 5.69 Å². The van der Waals surface area contributed by atoms with Gasteiger partial charge in [-0.15, -0.1) is 0 Å². The zero-order valence-corrected chi connectivity index (χ0v) is 14.7. The van der Waals surface area contributed by atoms with Gasteiger partial charge in [0.25, 0.3) is 5.91 Å². The highest BCUT2D eigenvalue weighted by Gasteiger charge is 2.10. The molecule has 5 heteroatoms. The lowest BCUT2D eigenvalue weighted by molar-refractivity contribution is -0.118. The number of hydrogen-bond donors (Lipinski definition) is 1. The van der Waals surface area contributed by atoms with Crippen molar-refractivity contribution >= 4 is 28.6 Å². The van der Waals surface area contributed by atoms with Crippen molar-refractivity contribution in [3.05, 3.63) is 66.4 Å². The molecule has 132 valence electrons. The highest BCUT2D eigenvalue weighted by molar-refractivity contribution is 6.00. The standard InChI is InChI=1S/C21H20N2O3/c1-3-6-15-10-11-18(19(13-15)25-2)26-14-20(24)23-17-9-4-7-16-8-5-12-22-21(16)17/h3-13H,14H2,1-2H3,(H,23,24)/b6-3+. The molecule has 2 aromatic carbocycles. The number of aromatic nitrogens is 1. The van der Waals surface area contributed by atoms with Gasteiger partial charge in [-0.2, -0.15) is 0 Å². The topological polar surface area (TPSA) is 60.5 Å². The molecule has 3 aromatic rings. The van der Waals surface area contributed by atoms with Crippen LogP contribution in [0.1, 0.15) is 12.5 Å². The lowest BCUT2D eigenvalue weighted by atomic mass is 10.2. The number of nitrogens with one attached hydrogen (secondary N) is 1. The van der Waals surface area contributed by atoms with E-state index in [1.807, 2.05) is 61.5 Å². The third-order valence-electron chi connectivity index (χ3n) is 3.81. The van der Waals surface area contributed by atoms with E-state index in [9.17, 15) is 4.79 Å². The summed E-state index contributed by atoms with van der Waals surface area (Å²) in [6.07, 6.45) is 5.61. The van der Waals surface area contributed by atoms with Crippen LogP contribution in [-0.2, 0) is 4.79 Å². The second kappa shape index (κ2) is 8.16. The fourth-order valence-electron chi connectivity index (χ4n) is 2.63. The number of allylic oxidation sites excluding steroid dienone is 1. The van der Waals surface area contributed by atoms with Crippen molar-refractivity contribution in [3.8, 4) is 11.5 Å². The molecular weight excluding hydrogens is 328 g/mol. The second-order valence-electron chi connectivity index (χ2n) is 5.63. The normalized spacial score (nSPS) is 10.8. The van der Waals surface area contributed by atoms with Crippen molar-refractivity contribution in [3.63, 3.8) is 0 Å². The number of anilines is 1. The Morgan fingerprint density at radius 3 is 2.81 bits per heavy atom. The number of carbonyl (C=O) groups excluding carboxylic acids is 1. The van der Waals surface area contributed by atoms with Crippen molar-refractivity contribution in [2.45, 2.75) is 6.92 Å². The first kappa shape index (κ1) is 17.5. The van der Waals surface area contributed by atoms with Crippen molar-refractivity contribution in [2.75, 3.05) is 19.0 Å². The van der Waals surface area contributed by atoms with Crippen LogP contribution in [0, 0.1) is 0 Å². The number of methoxy groups -OCH3 is 1. The average Bonchev–Trinajstić information content (AvgIpc) is 2.67. The summed E-state index contributed by atoms with van der Waals surface area (Å²) >= 11 is 0. The molecule has 0 saturated heterocycles. The summed E-state index contributed by atoms with van der Waals surface area (Å²) < 4.78 is 11.0. The average molecular weight is 348 g/mol. The van der Waals surface area contributed by atoms with Crippen molar-refractivity contribution in [1.82, 2.24) is 4.98 Å². The van der Waals surface area contributed by atoms with Crippen LogP contribution in [0.3, 0.4) is 0 Å². The molecule has 5 nitrogen and oxygen atoms in total. The van der Waals surface area contributed by atoms with Crippen molar-refractivity contribution < 1.29 is 14.3 Å². The number of para-hydroxylation sites is 1. The van der Waals surface area contributed by atoms with Crippen LogP contribution in [0.25, 0.3) is 17.0 Å². The van der Waals surface area contributed by atoms with E-state index in [-0.39, 0.29) is 12.5 Å². The fourth-order valence-corrected chi connectivity index (χ4v) is 2.63. The van der Waals surface area contributed by atoms with Crippen LogP contribution in [-0.4, -0.2) is 24.6 Å². The summed E-state index contributed by atoms with van der Waals surface area (Å²) in [6, 6.07) is 15.0. The molecule has 0 aliphatic rings. The molecule has 0 aliphatic heterocycles. The number of pyridine rings is 1. The summed E-state index contributed by atoms with van der Waals surface area (Å²) in [7, 11) is 1.57. The van der Waals surface area contributed by atoms with Crippen LogP contribution in [0.5, 0.6) is 11.5 Å². The zero-order chi connectivity index (χ0) is 18.4. The molecule has 0 atom stereocenters. The van der Waals surface area contributed by atoms with Gasteiger partial charge < -0.3 is 14.8 Å². The van der Waals surface area contributed by atoms with E-state index in [0.29, 0.717) is 17.2 Å². The Labute approximate surface area is 152 Å². The van der Waals surface area contributed by atoms with Gasteiger partial charge in [0, 0.05) is 11.6 Å². The first-order valence-electron chi connectivity index (χ1n) is 8.28. The monoisotopic (exact) mass is 348 g/mol. The molecule has 0 spiro atoms. The van der Waals surface area contributed by atoms with Crippen LogP contribution in [0.2, 0.25) is 0 Å². The van der Waals surface area contributed by atoms with Crippen LogP contribution >= 0.6 is 0 Å². The fraction of sp³-hybridized carbons (Fsp3) is 0.143. The molecule has 0 bridgehead atoms. The largest absolute Gasteiger partial charge is 0.493 e. The molecular formula is C21H20N2O3. The lowest BCUT2D eigenvalue weighted by Gasteiger charge is -2.12. The minimum Gasteiger partial charge on any atom is -0.493 e. The first-order chi connectivity index (χ1) is 12.7. The molecule has 3 rings (SSSR count). The van der Waals surface area contributed by atoms with E-state index < -0.39 is 0 Å². The van der Waals surface area contributed by atoms with E-state index in [4.69, 9.17) is 9.47 Å². The molecule has 1 heterocycles. The van der Waals surface area contributed by atoms with E-state index >= 15 is 0 Å². The third-order valence-corrected chi connectivity index (χ3v) is 3.81. The number of amides is 1. The van der Waals surface area contributed by atoms with Gasteiger partial charge in [0.1, 0.15) is 0 Å². The van der Waals surface area contributed by atoms with E-state index in [2.05, 4.69) is 10.3 Å². The number of ether oxygens (including phenoxy) is 2. The summed E-state index contributed by atoms with van der Waals surface area (Å²) in [6.45, 7) is 1.83. The number of rotatable bonds is 6. The maximum Gasteiger partial charge on any atom is 0.262 e. The van der Waals surface area contributed by atoms with Gasteiger partial charge >= 0.3 is 0 Å². The van der Waals surface area contributed by atoms with Gasteiger partial charge in [-0.3, -0.25) is 9.78 Å². The number of fused-ring (bicyclic) bond motifs is 1. The number of benzene rings is 2. The Morgan fingerprint density at radius 1 is 1.15 bits per heavy atom. The Balaban J connectivity index is 1.69. The Morgan fingerprint density at radius 2 is 2.00 bits per heavy atom. The maximum absolute atomic E-state index is 12.3. The van der Waals surface area contributed by atoms with Gasteiger partial charge in [0.15, 0.2) is 18.1 Å². The van der Waals surface area contributed by atoms with Gasteiger partial charge in [0.2, 0.25) is 0 Å². The van der Waals surface area contributed by atoms with Gasteiger partial charge in [-0.25, -0.2) is 0 Å². The predicted molar refractivity (Wildman–Crippen MR) is 104 cm³/mol. The SMILES string of the molecule is C/C=C/c1ccc(OCC(=O)Nc2cccc3cccnc23)c(OC)c1. The smallest absolute Gasteiger partial charge is 0.262 e. The predicted octanol–water partition coefficient (Wildman–Crippen LogP) is 4.29. The molecule has 1 amide bonds. The zero-order valence-electron chi connectivity index (χ0n) is 14.7. The van der Waals surface area contributed by atoms with Crippen molar-refractivity contribution in [1.29, 1.82) is 0 Å². The van der Waals surface area contributed by atoms with E-state index in [0.717, 1.165) is 16.5 Å². The second-order valence-corrected chi connectivity index (χ2v) is 5.63. The Bertz CT molecular complexity index is 946. The summed E-state index contributed by atoms with van der Waals surface area (Å²) in [5.41, 5.74) is 2.41. The molecule has 0 saturated carbocycles. The van der Waals surface area contributed by atoms with Gasteiger partial charge in [-0.1, -0.05) is 36.4 Å². The third kappa shape index (κ3) is 4.00. The summed E-state index contributed by atoms with van der Waals surface area (Å²) in [5, 5.41) is 3.81. The number of nitrogens with zero attached hydrogens (tertiary/aromatic N) is 1. The molecule has 1 aromatic heterocycles. The molecule has 0 radical (unpaired) electrons. The molecule has 0 aliphatic carbocycles. The van der Waals surface area contributed by atoms with Gasteiger partial charge in [0.05, 0.1) is 18.3 Å². The maximum atomic E-state index is 12.3. The molecule has 0 fully saturated rings. The van der Waals surface area contributed by atoms with E-state index in [1.165, 1.54) is 0 Å². The van der Waals surface area contributed by atoms with Gasteiger partial charge in [-0.05, 0) is 36.8 Å². The Hall–Kier alpha value is -3.34. The summed E-state index contributed by atoms with van der Waals surface area (Å²) in [4.78, 5) is 16.6. The minimum absolute atomic E-state index is 0.122. The highest BCUT2D eigenvalue weighted by Crippen LogP contribution is 2.28.